The molecule has 1 aliphatic heterocycles. The summed E-state index contributed by atoms with van der Waals surface area (Å²) in [6.45, 7) is 1.95. The topological polar surface area (TPSA) is 41.1 Å². The van der Waals surface area contributed by atoms with Crippen molar-refractivity contribution in [3.8, 4) is 0 Å². The molecule has 0 bridgehead atoms. The van der Waals surface area contributed by atoms with Gasteiger partial charge in [0.15, 0.2) is 0 Å². The van der Waals surface area contributed by atoms with Crippen molar-refractivity contribution < 1.29 is 4.79 Å². The zero-order valence-electron chi connectivity index (χ0n) is 8.25. The maximum Gasteiger partial charge on any atom is 0.261 e. The molecule has 15 heavy (non-hydrogen) atoms. The largest absolute Gasteiger partial charge is 0.347 e. The fourth-order valence-electron chi connectivity index (χ4n) is 1.66. The summed E-state index contributed by atoms with van der Waals surface area (Å²) in [6, 6.07) is 2.14. The van der Waals surface area contributed by atoms with Crippen LogP contribution in [0.2, 0.25) is 0 Å². The van der Waals surface area contributed by atoms with Crippen molar-refractivity contribution in [1.82, 2.24) is 10.6 Å². The Bertz CT molecular complexity index is 347. The summed E-state index contributed by atoms with van der Waals surface area (Å²) in [5, 5.41) is 8.24. The number of halogens is 1. The third-order valence-electron chi connectivity index (χ3n) is 2.42. The molecule has 2 heterocycles. The molecule has 3 nitrogen and oxygen atoms in total. The maximum atomic E-state index is 11.8. The Morgan fingerprint density at radius 3 is 3.13 bits per heavy atom. The van der Waals surface area contributed by atoms with E-state index in [9.17, 15) is 4.79 Å². The molecular weight excluding hydrogens is 276 g/mol. The van der Waals surface area contributed by atoms with E-state index in [1.165, 1.54) is 11.3 Å². The SMILES string of the molecule is O=C(NC1CCCNC1)c1cc(Br)cs1. The fraction of sp³-hybridized carbons (Fsp3) is 0.500. The molecule has 1 aromatic heterocycles. The van der Waals surface area contributed by atoms with Crippen molar-refractivity contribution in [3.05, 3.63) is 20.8 Å². The van der Waals surface area contributed by atoms with Gasteiger partial charge in [0.05, 0.1) is 4.88 Å². The molecule has 1 amide bonds. The summed E-state index contributed by atoms with van der Waals surface area (Å²) in [5.74, 6) is 0.0411. The summed E-state index contributed by atoms with van der Waals surface area (Å²) in [6.07, 6.45) is 2.21. The van der Waals surface area contributed by atoms with Crippen LogP contribution in [-0.2, 0) is 0 Å². The van der Waals surface area contributed by atoms with Gasteiger partial charge in [-0.05, 0) is 41.4 Å². The van der Waals surface area contributed by atoms with Crippen molar-refractivity contribution in [3.63, 3.8) is 0 Å². The molecule has 1 fully saturated rings. The first kappa shape index (κ1) is 11.1. The summed E-state index contributed by atoms with van der Waals surface area (Å²) in [5.41, 5.74) is 0. The number of piperidine rings is 1. The van der Waals surface area contributed by atoms with Crippen LogP contribution in [0.15, 0.2) is 15.9 Å². The molecule has 1 atom stereocenters. The van der Waals surface area contributed by atoms with Crippen LogP contribution in [0.3, 0.4) is 0 Å². The second-order valence-electron chi connectivity index (χ2n) is 3.65. The molecule has 1 unspecified atom stereocenters. The zero-order chi connectivity index (χ0) is 10.7. The van der Waals surface area contributed by atoms with Crippen molar-refractivity contribution in [2.45, 2.75) is 18.9 Å². The molecule has 1 aromatic rings. The molecule has 0 saturated carbocycles. The molecule has 2 N–H and O–H groups in total. The van der Waals surface area contributed by atoms with E-state index >= 15 is 0 Å². The molecule has 5 heteroatoms. The second-order valence-corrected chi connectivity index (χ2v) is 5.47. The van der Waals surface area contributed by atoms with Gasteiger partial charge in [-0.1, -0.05) is 0 Å². The lowest BCUT2D eigenvalue weighted by molar-refractivity contribution is 0.0935. The van der Waals surface area contributed by atoms with Crippen molar-refractivity contribution in [2.24, 2.45) is 0 Å². The van der Waals surface area contributed by atoms with Crippen LogP contribution in [0, 0.1) is 0 Å². The van der Waals surface area contributed by atoms with Crippen molar-refractivity contribution >= 4 is 33.2 Å². The highest BCUT2D eigenvalue weighted by Crippen LogP contribution is 2.19. The lowest BCUT2D eigenvalue weighted by atomic mass is 10.1. The predicted octanol–water partition coefficient (Wildman–Crippen LogP) is 1.99. The smallest absolute Gasteiger partial charge is 0.261 e. The van der Waals surface area contributed by atoms with Gasteiger partial charge in [0.1, 0.15) is 0 Å². The van der Waals surface area contributed by atoms with Gasteiger partial charge in [0, 0.05) is 22.4 Å². The van der Waals surface area contributed by atoms with E-state index in [-0.39, 0.29) is 11.9 Å². The lowest BCUT2D eigenvalue weighted by Gasteiger charge is -2.23. The predicted molar refractivity (Wildman–Crippen MR) is 65.4 cm³/mol. The van der Waals surface area contributed by atoms with Gasteiger partial charge in [0.2, 0.25) is 0 Å². The molecule has 0 aliphatic carbocycles. The van der Waals surface area contributed by atoms with Gasteiger partial charge in [0.25, 0.3) is 5.91 Å². The van der Waals surface area contributed by atoms with Crippen LogP contribution in [-0.4, -0.2) is 25.0 Å². The monoisotopic (exact) mass is 288 g/mol. The molecule has 2 rings (SSSR count). The number of amides is 1. The van der Waals surface area contributed by atoms with Crippen LogP contribution >= 0.6 is 27.3 Å². The van der Waals surface area contributed by atoms with Gasteiger partial charge >= 0.3 is 0 Å². The van der Waals surface area contributed by atoms with Gasteiger partial charge in [-0.25, -0.2) is 0 Å². The van der Waals surface area contributed by atoms with E-state index in [1.54, 1.807) is 0 Å². The first-order valence-electron chi connectivity index (χ1n) is 5.01. The average molecular weight is 289 g/mol. The number of carbonyl (C=O) groups excluding carboxylic acids is 1. The minimum absolute atomic E-state index is 0.0411. The third-order valence-corrected chi connectivity index (χ3v) is 4.11. The number of nitrogens with one attached hydrogen (secondary N) is 2. The maximum absolute atomic E-state index is 11.8. The van der Waals surface area contributed by atoms with Crippen LogP contribution < -0.4 is 10.6 Å². The van der Waals surface area contributed by atoms with Crippen LogP contribution in [0.4, 0.5) is 0 Å². The van der Waals surface area contributed by atoms with E-state index in [1.807, 2.05) is 11.4 Å². The summed E-state index contributed by atoms with van der Waals surface area (Å²) in [7, 11) is 0. The highest BCUT2D eigenvalue weighted by Gasteiger charge is 2.16. The number of hydrogen-bond donors (Lipinski definition) is 2. The van der Waals surface area contributed by atoms with E-state index in [4.69, 9.17) is 0 Å². The van der Waals surface area contributed by atoms with Gasteiger partial charge in [-0.15, -0.1) is 11.3 Å². The Morgan fingerprint density at radius 1 is 1.67 bits per heavy atom. The first-order valence-corrected chi connectivity index (χ1v) is 6.68. The van der Waals surface area contributed by atoms with Crippen LogP contribution in [0.25, 0.3) is 0 Å². The normalized spacial score (nSPS) is 21.3. The molecule has 1 aliphatic rings. The zero-order valence-corrected chi connectivity index (χ0v) is 10.7. The molecule has 0 aromatic carbocycles. The first-order chi connectivity index (χ1) is 7.25. The molecule has 82 valence electrons. The number of hydrogen-bond acceptors (Lipinski definition) is 3. The summed E-state index contributed by atoms with van der Waals surface area (Å²) in [4.78, 5) is 12.5. The van der Waals surface area contributed by atoms with Gasteiger partial charge in [-0.2, -0.15) is 0 Å². The number of thiophene rings is 1. The van der Waals surface area contributed by atoms with Crippen LogP contribution in [0.5, 0.6) is 0 Å². The summed E-state index contributed by atoms with van der Waals surface area (Å²) >= 11 is 4.81. The lowest BCUT2D eigenvalue weighted by Crippen LogP contribution is -2.45. The Balaban J connectivity index is 1.91. The minimum Gasteiger partial charge on any atom is -0.347 e. The Labute approximate surface area is 101 Å². The third kappa shape index (κ3) is 3.03. The second kappa shape index (κ2) is 5.09. The number of rotatable bonds is 2. The van der Waals surface area contributed by atoms with Gasteiger partial charge < -0.3 is 10.6 Å². The number of carbonyl (C=O) groups is 1. The Morgan fingerprint density at radius 2 is 2.53 bits per heavy atom. The molecule has 1 saturated heterocycles. The molecular formula is C10H13BrN2OS. The average Bonchev–Trinajstić information content (AvgIpc) is 2.66. The van der Waals surface area contributed by atoms with E-state index < -0.39 is 0 Å². The van der Waals surface area contributed by atoms with E-state index in [0.29, 0.717) is 0 Å². The Hall–Kier alpha value is -0.390. The van der Waals surface area contributed by atoms with Gasteiger partial charge in [-0.3, -0.25) is 4.79 Å². The van der Waals surface area contributed by atoms with Crippen LogP contribution in [0.1, 0.15) is 22.5 Å². The van der Waals surface area contributed by atoms with Crippen molar-refractivity contribution in [1.29, 1.82) is 0 Å². The molecule has 0 spiro atoms. The quantitative estimate of drug-likeness (QED) is 0.874. The van der Waals surface area contributed by atoms with E-state index in [2.05, 4.69) is 26.6 Å². The van der Waals surface area contributed by atoms with Crippen molar-refractivity contribution in [2.75, 3.05) is 13.1 Å². The fourth-order valence-corrected chi connectivity index (χ4v) is 2.99. The Kier molecular flexibility index (Phi) is 3.77. The highest BCUT2D eigenvalue weighted by molar-refractivity contribution is 9.10. The molecule has 0 radical (unpaired) electrons. The summed E-state index contributed by atoms with van der Waals surface area (Å²) < 4.78 is 0.972. The standard InChI is InChI=1S/C10H13BrN2OS/c11-7-4-9(15-6-7)10(14)13-8-2-1-3-12-5-8/h4,6,8,12H,1-3,5H2,(H,13,14). The van der Waals surface area contributed by atoms with E-state index in [0.717, 1.165) is 35.3 Å². The minimum atomic E-state index is 0.0411. The highest BCUT2D eigenvalue weighted by atomic mass is 79.9.